The zero-order valence-electron chi connectivity index (χ0n) is 19.2. The van der Waals surface area contributed by atoms with E-state index in [4.69, 9.17) is 9.47 Å². The Morgan fingerprint density at radius 3 is 2.50 bits per heavy atom. The van der Waals surface area contributed by atoms with Crippen LogP contribution in [0.5, 0.6) is 11.5 Å². The molecule has 0 aliphatic carbocycles. The first-order valence-electron chi connectivity index (χ1n) is 11.0. The van der Waals surface area contributed by atoms with E-state index in [9.17, 15) is 14.4 Å². The largest absolute Gasteiger partial charge is 0.490 e. The second kappa shape index (κ2) is 10.4. The molecule has 9 nitrogen and oxygen atoms in total. The van der Waals surface area contributed by atoms with Crippen LogP contribution in [0.2, 0.25) is 0 Å². The highest BCUT2D eigenvalue weighted by atomic mass is 16.5. The van der Waals surface area contributed by atoms with E-state index in [1.807, 2.05) is 36.9 Å². The predicted molar refractivity (Wildman–Crippen MR) is 122 cm³/mol. The van der Waals surface area contributed by atoms with Gasteiger partial charge in [-0.2, -0.15) is 0 Å². The fraction of sp³-hybridized carbons (Fsp3) is 0.522. The van der Waals surface area contributed by atoms with Gasteiger partial charge in [-0.3, -0.25) is 18.7 Å². The summed E-state index contributed by atoms with van der Waals surface area (Å²) in [5.41, 5.74) is 0.196. The van der Waals surface area contributed by atoms with E-state index in [1.54, 1.807) is 7.05 Å². The number of anilines is 1. The molecule has 2 aromatic rings. The first-order valence-corrected chi connectivity index (χ1v) is 11.0. The molecule has 0 spiro atoms. The van der Waals surface area contributed by atoms with E-state index in [1.165, 1.54) is 17.7 Å². The predicted octanol–water partition coefficient (Wildman–Crippen LogP) is 1.41. The highest BCUT2D eigenvalue weighted by Gasteiger charge is 2.27. The Balaban J connectivity index is 1.67. The molecule has 0 unspecified atom stereocenters. The molecular weight excluding hydrogens is 412 g/mol. The number of ether oxygens (including phenoxy) is 2. The Morgan fingerprint density at radius 1 is 1.06 bits per heavy atom. The van der Waals surface area contributed by atoms with Gasteiger partial charge < -0.3 is 19.7 Å². The molecule has 1 N–H and O–H groups in total. The average molecular weight is 445 g/mol. The summed E-state index contributed by atoms with van der Waals surface area (Å²) in [5.74, 6) is 1.62. The van der Waals surface area contributed by atoms with Crippen molar-refractivity contribution in [3.63, 3.8) is 0 Å². The van der Waals surface area contributed by atoms with Crippen LogP contribution in [0.3, 0.4) is 0 Å². The number of piperidine rings is 1. The second-order valence-electron chi connectivity index (χ2n) is 7.89. The van der Waals surface area contributed by atoms with Gasteiger partial charge >= 0.3 is 5.69 Å². The monoisotopic (exact) mass is 444 g/mol. The van der Waals surface area contributed by atoms with Crippen LogP contribution >= 0.6 is 0 Å². The maximum atomic E-state index is 12.9. The number of benzene rings is 1. The van der Waals surface area contributed by atoms with Crippen molar-refractivity contribution in [3.05, 3.63) is 50.7 Å². The summed E-state index contributed by atoms with van der Waals surface area (Å²) in [6.45, 7) is 6.44. The van der Waals surface area contributed by atoms with Crippen LogP contribution in [-0.2, 0) is 25.4 Å². The molecule has 1 aliphatic rings. The summed E-state index contributed by atoms with van der Waals surface area (Å²) >= 11 is 0. The van der Waals surface area contributed by atoms with E-state index < -0.39 is 0 Å². The Bertz CT molecular complexity index is 1080. The third-order valence-corrected chi connectivity index (χ3v) is 5.69. The summed E-state index contributed by atoms with van der Waals surface area (Å²) in [4.78, 5) is 39.2. The van der Waals surface area contributed by atoms with E-state index in [0.29, 0.717) is 50.2 Å². The van der Waals surface area contributed by atoms with E-state index in [2.05, 4.69) is 5.32 Å². The molecule has 0 radical (unpaired) electrons. The van der Waals surface area contributed by atoms with Crippen LogP contribution in [0.15, 0.2) is 33.9 Å². The van der Waals surface area contributed by atoms with E-state index in [-0.39, 0.29) is 23.1 Å². The van der Waals surface area contributed by atoms with Crippen molar-refractivity contribution >= 4 is 11.7 Å². The van der Waals surface area contributed by atoms with Crippen molar-refractivity contribution in [1.29, 1.82) is 0 Å². The minimum absolute atomic E-state index is 0.0459. The molecule has 174 valence electrons. The second-order valence-corrected chi connectivity index (χ2v) is 7.89. The van der Waals surface area contributed by atoms with Crippen molar-refractivity contribution in [1.82, 2.24) is 14.5 Å². The van der Waals surface area contributed by atoms with Gasteiger partial charge in [0.15, 0.2) is 11.5 Å². The molecule has 9 heteroatoms. The number of hydrogen-bond acceptors (Lipinski definition) is 6. The molecule has 0 bridgehead atoms. The lowest BCUT2D eigenvalue weighted by Crippen LogP contribution is -2.46. The van der Waals surface area contributed by atoms with Gasteiger partial charge in [0.25, 0.3) is 5.56 Å². The zero-order valence-corrected chi connectivity index (χ0v) is 19.2. The van der Waals surface area contributed by atoms with Gasteiger partial charge in [-0.1, -0.05) is 6.07 Å². The number of hydrogen-bond donors (Lipinski definition) is 1. The van der Waals surface area contributed by atoms with Crippen molar-refractivity contribution < 1.29 is 14.3 Å². The Hall–Kier alpha value is -3.23. The number of carbonyl (C=O) groups excluding carboxylic acids is 1. The smallest absolute Gasteiger partial charge is 0.332 e. The summed E-state index contributed by atoms with van der Waals surface area (Å²) < 4.78 is 13.8. The first kappa shape index (κ1) is 23.4. The lowest BCUT2D eigenvalue weighted by atomic mass is 9.97. The third kappa shape index (κ3) is 5.15. The number of amides is 1. The van der Waals surface area contributed by atoms with Crippen molar-refractivity contribution in [2.75, 3.05) is 31.2 Å². The van der Waals surface area contributed by atoms with Gasteiger partial charge in [-0.25, -0.2) is 4.79 Å². The molecular formula is C23H32N4O5. The van der Waals surface area contributed by atoms with E-state index >= 15 is 0 Å². The minimum Gasteiger partial charge on any atom is -0.490 e. The molecule has 1 aromatic carbocycles. The molecule has 0 saturated carbocycles. The van der Waals surface area contributed by atoms with Gasteiger partial charge in [0.2, 0.25) is 5.91 Å². The lowest BCUT2D eigenvalue weighted by Gasteiger charge is -2.34. The summed E-state index contributed by atoms with van der Waals surface area (Å²) in [6, 6.07) is 7.11. The minimum atomic E-state index is -0.375. The number of nitrogens with zero attached hydrogens (tertiary/aromatic N) is 3. The molecule has 2 heterocycles. The van der Waals surface area contributed by atoms with Crippen LogP contribution in [0.25, 0.3) is 0 Å². The normalized spacial score (nSPS) is 16.0. The Kier molecular flexibility index (Phi) is 7.61. The van der Waals surface area contributed by atoms with Gasteiger partial charge in [0.05, 0.1) is 19.1 Å². The van der Waals surface area contributed by atoms with Gasteiger partial charge in [0, 0.05) is 39.8 Å². The lowest BCUT2D eigenvalue weighted by molar-refractivity contribution is -0.125. The van der Waals surface area contributed by atoms with Crippen molar-refractivity contribution in [2.45, 2.75) is 33.2 Å². The molecule has 1 saturated heterocycles. The summed E-state index contributed by atoms with van der Waals surface area (Å²) in [6.07, 6.45) is 1.56. The van der Waals surface area contributed by atoms with Gasteiger partial charge in [0.1, 0.15) is 5.82 Å². The molecule has 1 aromatic heterocycles. The average Bonchev–Trinajstić information content (AvgIpc) is 2.80. The fourth-order valence-corrected chi connectivity index (χ4v) is 3.96. The standard InChI is InChI=1S/C23H32N4O5/c1-5-31-18-10-9-16(12-19(18)32-6-2)14-24-22(29)17-8-7-11-27(15-17)20-13-21(28)26(4)23(30)25(20)3/h9-10,12-13,17H,5-8,11,14-15H2,1-4H3,(H,24,29)/t17-/m0/s1. The molecule has 1 amide bonds. The molecule has 1 atom stereocenters. The highest BCUT2D eigenvalue weighted by Crippen LogP contribution is 2.28. The quantitative estimate of drug-likeness (QED) is 0.662. The summed E-state index contributed by atoms with van der Waals surface area (Å²) in [5, 5.41) is 3.01. The Morgan fingerprint density at radius 2 is 1.78 bits per heavy atom. The zero-order chi connectivity index (χ0) is 23.3. The van der Waals surface area contributed by atoms with Crippen molar-refractivity contribution in [2.24, 2.45) is 20.0 Å². The molecule has 3 rings (SSSR count). The van der Waals surface area contributed by atoms with Crippen molar-refractivity contribution in [3.8, 4) is 11.5 Å². The van der Waals surface area contributed by atoms with E-state index in [0.717, 1.165) is 23.0 Å². The van der Waals surface area contributed by atoms with Crippen LogP contribution in [0.4, 0.5) is 5.82 Å². The SMILES string of the molecule is CCOc1ccc(CNC(=O)[C@H]2CCCN(c3cc(=O)n(C)c(=O)n3C)C2)cc1OCC. The number of rotatable bonds is 8. The van der Waals surface area contributed by atoms with Gasteiger partial charge in [-0.15, -0.1) is 0 Å². The van der Waals surface area contributed by atoms with Crippen LogP contribution in [0.1, 0.15) is 32.3 Å². The topological polar surface area (TPSA) is 94.8 Å². The Labute approximate surface area is 187 Å². The molecule has 32 heavy (non-hydrogen) atoms. The number of nitrogens with one attached hydrogen (secondary N) is 1. The molecule has 1 aliphatic heterocycles. The maximum Gasteiger partial charge on any atom is 0.332 e. The first-order chi connectivity index (χ1) is 15.3. The fourth-order valence-electron chi connectivity index (χ4n) is 3.96. The van der Waals surface area contributed by atoms with Crippen LogP contribution < -0.4 is 30.9 Å². The third-order valence-electron chi connectivity index (χ3n) is 5.69. The number of aromatic nitrogens is 2. The van der Waals surface area contributed by atoms with Gasteiger partial charge in [-0.05, 0) is 44.4 Å². The maximum absolute atomic E-state index is 12.9. The molecule has 1 fully saturated rings. The highest BCUT2D eigenvalue weighted by molar-refractivity contribution is 5.79. The summed E-state index contributed by atoms with van der Waals surface area (Å²) in [7, 11) is 3.10. The number of carbonyl (C=O) groups is 1. The van der Waals surface area contributed by atoms with Crippen LogP contribution in [-0.4, -0.2) is 41.3 Å². The van der Waals surface area contributed by atoms with Crippen LogP contribution in [0, 0.1) is 5.92 Å².